The highest BCUT2D eigenvalue weighted by atomic mass is 16.5. The van der Waals surface area contributed by atoms with Crippen molar-refractivity contribution >= 4 is 5.91 Å². The Morgan fingerprint density at radius 1 is 1.35 bits per heavy atom. The van der Waals surface area contributed by atoms with E-state index in [1.165, 1.54) is 0 Å². The van der Waals surface area contributed by atoms with Gasteiger partial charge in [0.1, 0.15) is 0 Å². The van der Waals surface area contributed by atoms with E-state index in [9.17, 15) is 4.79 Å². The standard InChI is InChI=1S/C16H24N2O2/c1-16(7-9-20-10-8-16)12-18-15(19)11-14(17)13-5-3-2-4-6-13/h2-6,14H,7-12,17H2,1H3,(H,18,19). The van der Waals surface area contributed by atoms with Crippen LogP contribution < -0.4 is 11.1 Å². The molecule has 0 radical (unpaired) electrons. The molecule has 0 spiro atoms. The van der Waals surface area contributed by atoms with Crippen molar-refractivity contribution in [2.24, 2.45) is 11.1 Å². The summed E-state index contributed by atoms with van der Waals surface area (Å²) < 4.78 is 5.36. The van der Waals surface area contributed by atoms with E-state index >= 15 is 0 Å². The molecule has 20 heavy (non-hydrogen) atoms. The highest BCUT2D eigenvalue weighted by Crippen LogP contribution is 2.28. The van der Waals surface area contributed by atoms with Crippen molar-refractivity contribution in [3.63, 3.8) is 0 Å². The molecule has 1 aromatic rings. The van der Waals surface area contributed by atoms with Crippen molar-refractivity contribution in [3.8, 4) is 0 Å². The normalized spacial score (nSPS) is 19.3. The zero-order chi connectivity index (χ0) is 14.4. The van der Waals surface area contributed by atoms with Crippen LogP contribution in [0, 0.1) is 5.41 Å². The second-order valence-electron chi connectivity index (χ2n) is 5.92. The van der Waals surface area contributed by atoms with Gasteiger partial charge in [-0.05, 0) is 23.8 Å². The van der Waals surface area contributed by atoms with Crippen molar-refractivity contribution < 1.29 is 9.53 Å². The van der Waals surface area contributed by atoms with Gasteiger partial charge in [-0.1, -0.05) is 37.3 Å². The smallest absolute Gasteiger partial charge is 0.221 e. The van der Waals surface area contributed by atoms with Gasteiger partial charge in [0.2, 0.25) is 5.91 Å². The number of hydrogen-bond acceptors (Lipinski definition) is 3. The van der Waals surface area contributed by atoms with Gasteiger partial charge in [0, 0.05) is 32.2 Å². The van der Waals surface area contributed by atoms with Gasteiger partial charge in [-0.15, -0.1) is 0 Å². The van der Waals surface area contributed by atoms with E-state index in [1.807, 2.05) is 30.3 Å². The molecule has 0 bridgehead atoms. The van der Waals surface area contributed by atoms with Gasteiger partial charge in [0.05, 0.1) is 0 Å². The quantitative estimate of drug-likeness (QED) is 0.864. The molecule has 0 saturated carbocycles. The maximum absolute atomic E-state index is 12.0. The third-order valence-electron chi connectivity index (χ3n) is 4.05. The predicted molar refractivity (Wildman–Crippen MR) is 79.2 cm³/mol. The van der Waals surface area contributed by atoms with Gasteiger partial charge < -0.3 is 15.8 Å². The van der Waals surface area contributed by atoms with Crippen LogP contribution in [-0.2, 0) is 9.53 Å². The molecule has 2 rings (SSSR count). The second-order valence-corrected chi connectivity index (χ2v) is 5.92. The first kappa shape index (κ1) is 15.0. The van der Waals surface area contributed by atoms with Crippen LogP contribution in [0.3, 0.4) is 0 Å². The number of nitrogens with two attached hydrogens (primary N) is 1. The molecule has 110 valence electrons. The first-order valence-corrected chi connectivity index (χ1v) is 7.24. The van der Waals surface area contributed by atoms with Crippen LogP contribution in [-0.4, -0.2) is 25.7 Å². The topological polar surface area (TPSA) is 64.4 Å². The number of hydrogen-bond donors (Lipinski definition) is 2. The van der Waals surface area contributed by atoms with Gasteiger partial charge in [-0.2, -0.15) is 0 Å². The Hall–Kier alpha value is -1.39. The molecule has 3 N–H and O–H groups in total. The summed E-state index contributed by atoms with van der Waals surface area (Å²) in [6, 6.07) is 9.50. The summed E-state index contributed by atoms with van der Waals surface area (Å²) in [6.45, 7) is 4.48. The van der Waals surface area contributed by atoms with Crippen molar-refractivity contribution in [1.29, 1.82) is 0 Å². The molecule has 1 aromatic carbocycles. The van der Waals surface area contributed by atoms with Crippen LogP contribution in [0.4, 0.5) is 0 Å². The second kappa shape index (κ2) is 6.86. The fourth-order valence-corrected chi connectivity index (χ4v) is 2.44. The summed E-state index contributed by atoms with van der Waals surface area (Å²) in [4.78, 5) is 12.0. The number of carbonyl (C=O) groups is 1. The molecule has 1 aliphatic rings. The molecule has 1 aliphatic heterocycles. The molecule has 1 amide bonds. The van der Waals surface area contributed by atoms with Gasteiger partial charge in [-0.3, -0.25) is 4.79 Å². The Morgan fingerprint density at radius 2 is 2.00 bits per heavy atom. The summed E-state index contributed by atoms with van der Waals surface area (Å²) in [7, 11) is 0. The molecule has 1 atom stereocenters. The summed E-state index contributed by atoms with van der Waals surface area (Å²) in [6.07, 6.45) is 2.33. The lowest BCUT2D eigenvalue weighted by Crippen LogP contribution is -2.40. The van der Waals surface area contributed by atoms with Crippen LogP contribution in [0.15, 0.2) is 30.3 Å². The van der Waals surface area contributed by atoms with Gasteiger partial charge in [0.15, 0.2) is 0 Å². The molecular weight excluding hydrogens is 252 g/mol. The number of rotatable bonds is 5. The Balaban J connectivity index is 1.78. The van der Waals surface area contributed by atoms with E-state index < -0.39 is 0 Å². The first-order chi connectivity index (χ1) is 9.59. The molecule has 0 aliphatic carbocycles. The number of amides is 1. The summed E-state index contributed by atoms with van der Waals surface area (Å²) in [5.41, 5.74) is 7.21. The lowest BCUT2D eigenvalue weighted by Gasteiger charge is -2.33. The zero-order valence-electron chi connectivity index (χ0n) is 12.1. The SMILES string of the molecule is CC1(CNC(=O)CC(N)c2ccccc2)CCOCC1. The fourth-order valence-electron chi connectivity index (χ4n) is 2.44. The van der Waals surface area contributed by atoms with Gasteiger partial charge in [-0.25, -0.2) is 0 Å². The van der Waals surface area contributed by atoms with E-state index in [0.29, 0.717) is 13.0 Å². The van der Waals surface area contributed by atoms with E-state index in [0.717, 1.165) is 31.6 Å². The summed E-state index contributed by atoms with van der Waals surface area (Å²) in [5, 5.41) is 3.02. The maximum atomic E-state index is 12.0. The van der Waals surface area contributed by atoms with Crippen molar-refractivity contribution in [1.82, 2.24) is 5.32 Å². The molecule has 1 fully saturated rings. The third kappa shape index (κ3) is 4.32. The maximum Gasteiger partial charge on any atom is 0.221 e. The lowest BCUT2D eigenvalue weighted by atomic mass is 9.82. The molecule has 1 saturated heterocycles. The van der Waals surface area contributed by atoms with Crippen LogP contribution in [0.1, 0.15) is 37.8 Å². The lowest BCUT2D eigenvalue weighted by molar-refractivity contribution is -0.122. The van der Waals surface area contributed by atoms with Crippen LogP contribution >= 0.6 is 0 Å². The molecule has 4 heteroatoms. The van der Waals surface area contributed by atoms with E-state index in [2.05, 4.69) is 12.2 Å². The number of carbonyl (C=O) groups excluding carboxylic acids is 1. The average Bonchev–Trinajstić information content (AvgIpc) is 2.47. The van der Waals surface area contributed by atoms with Crippen LogP contribution in [0.5, 0.6) is 0 Å². The summed E-state index contributed by atoms with van der Waals surface area (Å²) >= 11 is 0. The largest absolute Gasteiger partial charge is 0.381 e. The highest BCUT2D eigenvalue weighted by molar-refractivity contribution is 5.76. The van der Waals surface area contributed by atoms with Crippen molar-refractivity contribution in [2.75, 3.05) is 19.8 Å². The zero-order valence-corrected chi connectivity index (χ0v) is 12.1. The minimum Gasteiger partial charge on any atom is -0.381 e. The van der Waals surface area contributed by atoms with E-state index in [-0.39, 0.29) is 17.4 Å². The first-order valence-electron chi connectivity index (χ1n) is 7.24. The molecule has 1 heterocycles. The van der Waals surface area contributed by atoms with E-state index in [1.54, 1.807) is 0 Å². The Labute approximate surface area is 120 Å². The highest BCUT2D eigenvalue weighted by Gasteiger charge is 2.27. The van der Waals surface area contributed by atoms with E-state index in [4.69, 9.17) is 10.5 Å². The molecule has 1 unspecified atom stereocenters. The minimum absolute atomic E-state index is 0.0223. The number of ether oxygens (including phenoxy) is 1. The summed E-state index contributed by atoms with van der Waals surface area (Å²) in [5.74, 6) is 0.0223. The minimum atomic E-state index is -0.237. The van der Waals surface area contributed by atoms with Gasteiger partial charge >= 0.3 is 0 Å². The Morgan fingerprint density at radius 3 is 2.65 bits per heavy atom. The average molecular weight is 276 g/mol. The Bertz CT molecular complexity index is 427. The van der Waals surface area contributed by atoms with Crippen molar-refractivity contribution in [3.05, 3.63) is 35.9 Å². The fraction of sp³-hybridized carbons (Fsp3) is 0.562. The van der Waals surface area contributed by atoms with Crippen molar-refractivity contribution in [2.45, 2.75) is 32.2 Å². The predicted octanol–water partition coefficient (Wildman–Crippen LogP) is 2.01. The van der Waals surface area contributed by atoms with Crippen LogP contribution in [0.2, 0.25) is 0 Å². The number of nitrogens with one attached hydrogen (secondary N) is 1. The van der Waals surface area contributed by atoms with Crippen LogP contribution in [0.25, 0.3) is 0 Å². The Kier molecular flexibility index (Phi) is 5.15. The monoisotopic (exact) mass is 276 g/mol. The molecule has 4 nitrogen and oxygen atoms in total. The number of benzene rings is 1. The molecule has 0 aromatic heterocycles. The molecular formula is C16H24N2O2. The third-order valence-corrected chi connectivity index (χ3v) is 4.05. The van der Waals surface area contributed by atoms with Gasteiger partial charge in [0.25, 0.3) is 0 Å².